The molecule has 0 saturated heterocycles. The Morgan fingerprint density at radius 2 is 1.35 bits per heavy atom. The Balaban J connectivity index is 1.31. The molecule has 0 bridgehead atoms. The maximum atomic E-state index is 13.7. The number of rotatable bonds is 2. The van der Waals surface area contributed by atoms with Crippen LogP contribution in [0.1, 0.15) is 35.9 Å². The predicted molar refractivity (Wildman–Crippen MR) is 126 cm³/mol. The van der Waals surface area contributed by atoms with Crippen molar-refractivity contribution in [2.24, 2.45) is 0 Å². The molecule has 3 aromatic rings. The summed E-state index contributed by atoms with van der Waals surface area (Å²) in [7, 11) is 0. The van der Waals surface area contributed by atoms with Crippen LogP contribution in [-0.2, 0) is 4.79 Å². The molecule has 0 fully saturated rings. The number of carbonyl (C=O) groups is 1. The van der Waals surface area contributed by atoms with Crippen molar-refractivity contribution in [1.82, 2.24) is 0 Å². The maximum absolute atomic E-state index is 13.7. The minimum atomic E-state index is -0.300. The van der Waals surface area contributed by atoms with E-state index in [1.54, 1.807) is 0 Å². The van der Waals surface area contributed by atoms with E-state index in [4.69, 9.17) is 18.9 Å². The first-order valence-corrected chi connectivity index (χ1v) is 11.4. The molecule has 7 rings (SSSR count). The van der Waals surface area contributed by atoms with E-state index >= 15 is 0 Å². The van der Waals surface area contributed by atoms with Crippen LogP contribution < -0.4 is 29.6 Å². The third kappa shape index (κ3) is 3.08. The zero-order valence-electron chi connectivity index (χ0n) is 18.3. The largest absolute Gasteiger partial charge is 0.454 e. The summed E-state index contributed by atoms with van der Waals surface area (Å²) in [5, 5.41) is 7.19. The quantitative estimate of drug-likeness (QED) is 0.556. The molecule has 0 aromatic heterocycles. The number of ether oxygens (including phenoxy) is 4. The SMILES string of the molecule is O=C1C[C@H](c2ccc3c(c2)OCO3)CC2=C1[C@@H](c1ccc3c(c1)OCO3)Nc1ccccc1N2. The molecule has 3 aliphatic heterocycles. The molecule has 0 amide bonds. The second kappa shape index (κ2) is 7.45. The van der Waals surface area contributed by atoms with Gasteiger partial charge in [0.25, 0.3) is 0 Å². The molecule has 1 aliphatic carbocycles. The molecule has 2 atom stereocenters. The standard InChI is InChI=1S/C27H22N2O5/c30-21-10-17(15-5-7-22-24(11-15)33-13-31-22)9-20-26(21)27(29-19-4-2-1-3-18(19)28-20)16-6-8-23-25(12-16)34-14-32-23/h1-8,11-12,17,27-29H,9-10,13-14H2/t17-,27-/m1/s1. The smallest absolute Gasteiger partial charge is 0.231 e. The van der Waals surface area contributed by atoms with Crippen LogP contribution in [0.3, 0.4) is 0 Å². The summed E-state index contributed by atoms with van der Waals surface area (Å²) in [5.74, 6) is 3.09. The molecule has 3 aromatic carbocycles. The molecule has 34 heavy (non-hydrogen) atoms. The highest BCUT2D eigenvalue weighted by atomic mass is 16.7. The van der Waals surface area contributed by atoms with E-state index in [0.717, 1.165) is 57.4 Å². The van der Waals surface area contributed by atoms with Gasteiger partial charge in [-0.2, -0.15) is 0 Å². The van der Waals surface area contributed by atoms with E-state index in [1.165, 1.54) is 0 Å². The van der Waals surface area contributed by atoms with Gasteiger partial charge in [0.2, 0.25) is 13.6 Å². The first-order valence-electron chi connectivity index (χ1n) is 11.4. The number of nitrogens with one attached hydrogen (secondary N) is 2. The van der Waals surface area contributed by atoms with Gasteiger partial charge in [-0.3, -0.25) is 4.79 Å². The van der Waals surface area contributed by atoms with E-state index in [0.29, 0.717) is 12.2 Å². The number of Topliss-reactive ketones (excluding diaryl/α,β-unsaturated/α-hetero) is 1. The lowest BCUT2D eigenvalue weighted by atomic mass is 9.78. The van der Waals surface area contributed by atoms with Gasteiger partial charge in [-0.1, -0.05) is 24.3 Å². The summed E-state index contributed by atoms with van der Waals surface area (Å²) < 4.78 is 22.1. The molecule has 0 radical (unpaired) electrons. The summed E-state index contributed by atoms with van der Waals surface area (Å²) in [6.07, 6.45) is 1.15. The summed E-state index contributed by atoms with van der Waals surface area (Å²) in [4.78, 5) is 13.7. The maximum Gasteiger partial charge on any atom is 0.231 e. The van der Waals surface area contributed by atoms with Gasteiger partial charge in [0, 0.05) is 17.7 Å². The first kappa shape index (κ1) is 19.3. The number of carbonyl (C=O) groups excluding carboxylic acids is 1. The van der Waals surface area contributed by atoms with Crippen LogP contribution in [0, 0.1) is 0 Å². The third-order valence-corrected chi connectivity index (χ3v) is 6.91. The lowest BCUT2D eigenvalue weighted by molar-refractivity contribution is -0.116. The van der Waals surface area contributed by atoms with E-state index in [1.807, 2.05) is 60.7 Å². The van der Waals surface area contributed by atoms with Crippen molar-refractivity contribution >= 4 is 17.2 Å². The number of benzene rings is 3. The number of para-hydroxylation sites is 2. The van der Waals surface area contributed by atoms with Gasteiger partial charge in [-0.15, -0.1) is 0 Å². The van der Waals surface area contributed by atoms with E-state index in [-0.39, 0.29) is 31.3 Å². The van der Waals surface area contributed by atoms with Crippen molar-refractivity contribution in [2.45, 2.75) is 24.8 Å². The Labute approximate surface area is 196 Å². The fraction of sp³-hybridized carbons (Fsp3) is 0.222. The van der Waals surface area contributed by atoms with Crippen LogP contribution in [0.2, 0.25) is 0 Å². The number of hydrogen-bond donors (Lipinski definition) is 2. The van der Waals surface area contributed by atoms with Crippen LogP contribution in [0.25, 0.3) is 0 Å². The number of hydrogen-bond acceptors (Lipinski definition) is 7. The molecule has 7 heteroatoms. The average Bonchev–Trinajstić information content (AvgIpc) is 3.48. The summed E-state index contributed by atoms with van der Waals surface area (Å²) in [6, 6.07) is 19.6. The molecule has 0 saturated carbocycles. The van der Waals surface area contributed by atoms with Gasteiger partial charge >= 0.3 is 0 Å². The summed E-state index contributed by atoms with van der Waals surface area (Å²) in [5.41, 5.74) is 5.66. The minimum Gasteiger partial charge on any atom is -0.454 e. The predicted octanol–water partition coefficient (Wildman–Crippen LogP) is 5.12. The highest BCUT2D eigenvalue weighted by Gasteiger charge is 2.37. The fourth-order valence-electron chi connectivity index (χ4n) is 5.24. The van der Waals surface area contributed by atoms with Crippen LogP contribution in [-0.4, -0.2) is 19.4 Å². The van der Waals surface area contributed by atoms with Crippen molar-refractivity contribution < 1.29 is 23.7 Å². The number of allylic oxidation sites excluding steroid dienone is 1. The van der Waals surface area contributed by atoms with E-state index in [9.17, 15) is 4.79 Å². The monoisotopic (exact) mass is 454 g/mol. The molecule has 0 spiro atoms. The second-order valence-corrected chi connectivity index (χ2v) is 8.89. The Kier molecular flexibility index (Phi) is 4.24. The van der Waals surface area contributed by atoms with Gasteiger partial charge in [-0.05, 0) is 59.9 Å². The molecule has 4 aliphatic rings. The van der Waals surface area contributed by atoms with Gasteiger partial charge in [0.15, 0.2) is 28.8 Å². The van der Waals surface area contributed by atoms with Gasteiger partial charge < -0.3 is 29.6 Å². The molecular formula is C27H22N2O5. The lowest BCUT2D eigenvalue weighted by Crippen LogP contribution is -2.26. The first-order chi connectivity index (χ1) is 16.7. The highest BCUT2D eigenvalue weighted by molar-refractivity contribution is 6.01. The number of ketones is 1. The van der Waals surface area contributed by atoms with Gasteiger partial charge in [0.1, 0.15) is 0 Å². The fourth-order valence-corrected chi connectivity index (χ4v) is 5.24. The third-order valence-electron chi connectivity index (χ3n) is 6.91. The Morgan fingerprint density at radius 1 is 0.706 bits per heavy atom. The van der Waals surface area contributed by atoms with E-state index < -0.39 is 0 Å². The van der Waals surface area contributed by atoms with Crippen LogP contribution >= 0.6 is 0 Å². The van der Waals surface area contributed by atoms with Crippen LogP contribution in [0.4, 0.5) is 11.4 Å². The van der Waals surface area contributed by atoms with Crippen LogP contribution in [0.15, 0.2) is 71.9 Å². The Bertz CT molecular complexity index is 1360. The minimum absolute atomic E-state index is 0.0518. The topological polar surface area (TPSA) is 78.1 Å². The van der Waals surface area contributed by atoms with E-state index in [2.05, 4.69) is 10.6 Å². The van der Waals surface area contributed by atoms with Gasteiger partial charge in [-0.25, -0.2) is 0 Å². The zero-order chi connectivity index (χ0) is 22.6. The molecule has 170 valence electrons. The Hall–Kier alpha value is -4.13. The average molecular weight is 454 g/mol. The molecule has 3 heterocycles. The summed E-state index contributed by atoms with van der Waals surface area (Å²) >= 11 is 0. The zero-order valence-corrected chi connectivity index (χ0v) is 18.3. The van der Waals surface area contributed by atoms with Crippen molar-refractivity contribution in [3.05, 3.63) is 83.1 Å². The molecule has 0 unspecified atom stereocenters. The Morgan fingerprint density at radius 3 is 2.12 bits per heavy atom. The number of anilines is 2. The van der Waals surface area contributed by atoms with Crippen LogP contribution in [0.5, 0.6) is 23.0 Å². The molecule has 7 nitrogen and oxygen atoms in total. The summed E-state index contributed by atoms with van der Waals surface area (Å²) in [6.45, 7) is 0.449. The number of fused-ring (bicyclic) bond motifs is 3. The van der Waals surface area contributed by atoms with Gasteiger partial charge in [0.05, 0.1) is 17.4 Å². The van der Waals surface area contributed by atoms with Crippen molar-refractivity contribution in [3.8, 4) is 23.0 Å². The molecule has 2 N–H and O–H groups in total. The second-order valence-electron chi connectivity index (χ2n) is 8.89. The van der Waals surface area contributed by atoms with Crippen molar-refractivity contribution in [3.63, 3.8) is 0 Å². The highest BCUT2D eigenvalue weighted by Crippen LogP contribution is 2.46. The van der Waals surface area contributed by atoms with Crippen molar-refractivity contribution in [1.29, 1.82) is 0 Å². The lowest BCUT2D eigenvalue weighted by Gasteiger charge is -2.30. The normalized spacial score (nSPS) is 21.8. The molecular weight excluding hydrogens is 432 g/mol. The van der Waals surface area contributed by atoms with Crippen molar-refractivity contribution in [2.75, 3.05) is 24.2 Å².